The zero-order valence-electron chi connectivity index (χ0n) is 21.7. The molecule has 0 saturated heterocycles. The number of hydrogen-bond acceptors (Lipinski definition) is 10. The quantitative estimate of drug-likeness (QED) is 0.236. The second kappa shape index (κ2) is 13.4. The molecule has 10 nitrogen and oxygen atoms in total. The third-order valence-electron chi connectivity index (χ3n) is 6.35. The molecule has 210 valence electrons. The standard InChI is InChI=1S/C28H28N2O8S2/c31-27-21-3-1-2-20-23(30(33)34)6-5-22(26(20)21)28(32)29(27)19-4-7-24-25(18-19)38-13-17-40-15-11-36-9-8-35-10-14-39-16-12-37-24/h1-7,18H,8-17H2. The van der Waals surface area contributed by atoms with Gasteiger partial charge >= 0.3 is 0 Å². The molecule has 0 atom stereocenters. The van der Waals surface area contributed by atoms with Crippen LogP contribution in [0.4, 0.5) is 11.4 Å². The van der Waals surface area contributed by atoms with Gasteiger partial charge in [-0.1, -0.05) is 6.07 Å². The number of amides is 2. The average Bonchev–Trinajstić information content (AvgIpc) is 2.95. The largest absolute Gasteiger partial charge is 0.489 e. The molecule has 12 heteroatoms. The summed E-state index contributed by atoms with van der Waals surface area (Å²) in [7, 11) is 0. The second-order valence-electron chi connectivity index (χ2n) is 8.84. The first kappa shape index (κ1) is 28.2. The maximum Gasteiger partial charge on any atom is 0.277 e. The van der Waals surface area contributed by atoms with E-state index < -0.39 is 16.7 Å². The number of nitro benzene ring substituents is 1. The number of carbonyl (C=O) groups excluding carboxylic acids is 2. The van der Waals surface area contributed by atoms with Crippen molar-refractivity contribution in [2.24, 2.45) is 0 Å². The van der Waals surface area contributed by atoms with Gasteiger partial charge in [0.15, 0.2) is 11.5 Å². The van der Waals surface area contributed by atoms with Gasteiger partial charge in [0.2, 0.25) is 0 Å². The molecule has 40 heavy (non-hydrogen) atoms. The Morgan fingerprint density at radius 2 is 1.35 bits per heavy atom. The maximum absolute atomic E-state index is 13.6. The van der Waals surface area contributed by atoms with Crippen LogP contribution in [0.2, 0.25) is 0 Å². The van der Waals surface area contributed by atoms with Crippen LogP contribution in [0, 0.1) is 10.1 Å². The van der Waals surface area contributed by atoms with Crippen LogP contribution in [-0.2, 0) is 9.47 Å². The predicted molar refractivity (Wildman–Crippen MR) is 155 cm³/mol. The normalized spacial score (nSPS) is 17.8. The summed E-state index contributed by atoms with van der Waals surface area (Å²) >= 11 is 3.41. The highest BCUT2D eigenvalue weighted by Gasteiger charge is 2.36. The van der Waals surface area contributed by atoms with Gasteiger partial charge in [0.1, 0.15) is 0 Å². The van der Waals surface area contributed by atoms with Crippen LogP contribution in [0.3, 0.4) is 0 Å². The lowest BCUT2D eigenvalue weighted by molar-refractivity contribution is -0.383. The third-order valence-corrected chi connectivity index (χ3v) is 8.17. The molecule has 2 heterocycles. The Morgan fingerprint density at radius 3 is 2.02 bits per heavy atom. The number of nitro groups is 1. The van der Waals surface area contributed by atoms with E-state index in [1.165, 1.54) is 12.1 Å². The minimum Gasteiger partial charge on any atom is -0.489 e. The molecular formula is C28H28N2O8S2. The number of carbonyl (C=O) groups is 2. The molecule has 0 bridgehead atoms. The molecule has 0 radical (unpaired) electrons. The Morgan fingerprint density at radius 1 is 0.725 bits per heavy atom. The molecular weight excluding hydrogens is 556 g/mol. The molecule has 0 aliphatic carbocycles. The number of fused-ring (bicyclic) bond motifs is 1. The molecule has 0 saturated carbocycles. The van der Waals surface area contributed by atoms with Crippen LogP contribution in [0.5, 0.6) is 11.5 Å². The fourth-order valence-electron chi connectivity index (χ4n) is 4.53. The number of ether oxygens (including phenoxy) is 4. The van der Waals surface area contributed by atoms with E-state index in [-0.39, 0.29) is 22.2 Å². The first-order valence-corrected chi connectivity index (χ1v) is 15.2. The maximum atomic E-state index is 13.6. The number of thioether (sulfide) groups is 2. The van der Waals surface area contributed by atoms with Crippen LogP contribution in [0.25, 0.3) is 10.8 Å². The van der Waals surface area contributed by atoms with Gasteiger partial charge in [0.25, 0.3) is 17.5 Å². The lowest BCUT2D eigenvalue weighted by Crippen LogP contribution is -2.40. The molecule has 2 aliphatic heterocycles. The van der Waals surface area contributed by atoms with Crippen LogP contribution in [0.1, 0.15) is 20.7 Å². The molecule has 0 N–H and O–H groups in total. The summed E-state index contributed by atoms with van der Waals surface area (Å²) in [6, 6.07) is 12.4. The SMILES string of the molecule is O=C1c2cccc3c([N+](=O)[O-])ccc(c23)C(=O)N1c1ccc2c(c1)OCCSCCOCCOCCSCCO2. The van der Waals surface area contributed by atoms with E-state index in [2.05, 4.69) is 0 Å². The van der Waals surface area contributed by atoms with Crippen molar-refractivity contribution in [1.29, 1.82) is 0 Å². The number of nitrogens with zero attached hydrogens (tertiary/aromatic N) is 2. The van der Waals surface area contributed by atoms with Crippen molar-refractivity contribution in [2.75, 3.05) is 67.6 Å². The minimum absolute atomic E-state index is 0.154. The molecule has 2 amide bonds. The van der Waals surface area contributed by atoms with Gasteiger partial charge in [0.05, 0.1) is 55.6 Å². The van der Waals surface area contributed by atoms with Gasteiger partial charge in [-0.2, -0.15) is 23.5 Å². The Hall–Kier alpha value is -3.32. The van der Waals surface area contributed by atoms with Gasteiger partial charge in [0, 0.05) is 51.7 Å². The number of imide groups is 1. The van der Waals surface area contributed by atoms with Crippen LogP contribution >= 0.6 is 23.5 Å². The van der Waals surface area contributed by atoms with Crippen molar-refractivity contribution >= 4 is 57.5 Å². The second-order valence-corrected chi connectivity index (χ2v) is 11.3. The zero-order valence-corrected chi connectivity index (χ0v) is 23.3. The van der Waals surface area contributed by atoms with Crippen LogP contribution < -0.4 is 14.4 Å². The number of hydrogen-bond donors (Lipinski definition) is 0. The molecule has 2 aliphatic rings. The van der Waals surface area contributed by atoms with Gasteiger partial charge in [-0.3, -0.25) is 19.7 Å². The summed E-state index contributed by atoms with van der Waals surface area (Å²) in [4.78, 5) is 39.3. The first-order chi connectivity index (χ1) is 19.6. The molecule has 0 unspecified atom stereocenters. The summed E-state index contributed by atoms with van der Waals surface area (Å²) < 4.78 is 23.2. The fourth-order valence-corrected chi connectivity index (χ4v) is 5.81. The molecule has 3 aromatic carbocycles. The summed E-state index contributed by atoms with van der Waals surface area (Å²) in [5.41, 5.74) is 0.630. The first-order valence-electron chi connectivity index (χ1n) is 12.9. The van der Waals surface area contributed by atoms with Crippen LogP contribution in [0.15, 0.2) is 48.5 Å². The Kier molecular flexibility index (Phi) is 9.42. The van der Waals surface area contributed by atoms with E-state index in [0.29, 0.717) is 62.2 Å². The minimum atomic E-state index is -0.557. The monoisotopic (exact) mass is 584 g/mol. The van der Waals surface area contributed by atoms with Crippen molar-refractivity contribution in [2.45, 2.75) is 0 Å². The van der Waals surface area contributed by atoms with Crippen molar-refractivity contribution in [1.82, 2.24) is 0 Å². The third kappa shape index (κ3) is 6.20. The van der Waals surface area contributed by atoms with Gasteiger partial charge in [-0.15, -0.1) is 0 Å². The smallest absolute Gasteiger partial charge is 0.277 e. The van der Waals surface area contributed by atoms with Gasteiger partial charge in [-0.05, 0) is 30.3 Å². The summed E-state index contributed by atoms with van der Waals surface area (Å²) in [6.45, 7) is 3.29. The summed E-state index contributed by atoms with van der Waals surface area (Å²) in [5, 5.41) is 12.1. The number of rotatable bonds is 2. The van der Waals surface area contributed by atoms with Crippen molar-refractivity contribution in [3.05, 3.63) is 69.8 Å². The molecule has 0 fully saturated rings. The molecule has 0 spiro atoms. The molecule has 0 aromatic heterocycles. The summed E-state index contributed by atoms with van der Waals surface area (Å²) in [5.74, 6) is 2.97. The van der Waals surface area contributed by atoms with Crippen molar-refractivity contribution in [3.8, 4) is 11.5 Å². The lowest BCUT2D eigenvalue weighted by atomic mass is 9.92. The Labute approximate surface area is 239 Å². The van der Waals surface area contributed by atoms with E-state index in [9.17, 15) is 19.7 Å². The Bertz CT molecular complexity index is 1390. The highest BCUT2D eigenvalue weighted by Crippen LogP contribution is 2.39. The average molecular weight is 585 g/mol. The van der Waals surface area contributed by atoms with E-state index >= 15 is 0 Å². The van der Waals surface area contributed by atoms with E-state index in [0.717, 1.165) is 27.9 Å². The van der Waals surface area contributed by atoms with Crippen molar-refractivity contribution < 1.29 is 33.5 Å². The van der Waals surface area contributed by atoms with Crippen molar-refractivity contribution in [3.63, 3.8) is 0 Å². The van der Waals surface area contributed by atoms with Gasteiger partial charge < -0.3 is 18.9 Å². The topological polar surface area (TPSA) is 117 Å². The Balaban J connectivity index is 1.41. The predicted octanol–water partition coefficient (Wildman–Crippen LogP) is 4.82. The summed E-state index contributed by atoms with van der Waals surface area (Å²) in [6.07, 6.45) is 0. The number of non-ortho nitro benzene ring substituents is 1. The highest BCUT2D eigenvalue weighted by molar-refractivity contribution is 7.99. The number of anilines is 1. The molecule has 5 rings (SSSR count). The van der Waals surface area contributed by atoms with Gasteiger partial charge in [-0.25, -0.2) is 4.90 Å². The highest BCUT2D eigenvalue weighted by atomic mass is 32.2. The number of benzene rings is 3. The molecule has 3 aromatic rings. The van der Waals surface area contributed by atoms with E-state index in [4.69, 9.17) is 18.9 Å². The van der Waals surface area contributed by atoms with Crippen LogP contribution in [-0.4, -0.2) is 79.4 Å². The van der Waals surface area contributed by atoms with E-state index in [1.807, 2.05) is 0 Å². The zero-order chi connectivity index (χ0) is 27.9. The van der Waals surface area contributed by atoms with E-state index in [1.54, 1.807) is 59.9 Å². The fraction of sp³-hybridized carbons (Fsp3) is 0.357. The lowest BCUT2D eigenvalue weighted by Gasteiger charge is -2.27.